The van der Waals surface area contributed by atoms with Crippen molar-refractivity contribution in [3.8, 4) is 5.75 Å². The van der Waals surface area contributed by atoms with Crippen LogP contribution in [0.15, 0.2) is 48.5 Å². The van der Waals surface area contributed by atoms with E-state index in [2.05, 4.69) is 10.8 Å². The lowest BCUT2D eigenvalue weighted by molar-refractivity contribution is -0.143. The highest BCUT2D eigenvalue weighted by molar-refractivity contribution is 6.07. The van der Waals surface area contributed by atoms with Crippen LogP contribution in [0.4, 0.5) is 5.69 Å². The van der Waals surface area contributed by atoms with Crippen LogP contribution in [0.1, 0.15) is 17.5 Å². The second kappa shape index (κ2) is 7.81. The summed E-state index contributed by atoms with van der Waals surface area (Å²) in [6.07, 6.45) is 1.04. The summed E-state index contributed by atoms with van der Waals surface area (Å²) in [6.45, 7) is 0.248. The van der Waals surface area contributed by atoms with E-state index < -0.39 is 11.8 Å². The van der Waals surface area contributed by atoms with Crippen molar-refractivity contribution in [1.29, 1.82) is 0 Å². The summed E-state index contributed by atoms with van der Waals surface area (Å²) < 4.78 is 5.18. The van der Waals surface area contributed by atoms with E-state index in [0.29, 0.717) is 24.3 Å². The molecule has 1 aliphatic rings. The first-order chi connectivity index (χ1) is 12.2. The van der Waals surface area contributed by atoms with Crippen LogP contribution in [-0.4, -0.2) is 18.9 Å². The molecule has 3 rings (SSSR count). The molecular weight excluding hydrogens is 320 g/mol. The highest BCUT2D eigenvalue weighted by Gasteiger charge is 2.30. The number of carbonyl (C=O) groups is 2. The first-order valence-corrected chi connectivity index (χ1v) is 8.10. The van der Waals surface area contributed by atoms with E-state index in [4.69, 9.17) is 9.57 Å². The number of ether oxygens (including phenoxy) is 1. The number of rotatable bonds is 5. The van der Waals surface area contributed by atoms with Gasteiger partial charge in [0.15, 0.2) is 0 Å². The lowest BCUT2D eigenvalue weighted by atomic mass is 10.00. The van der Waals surface area contributed by atoms with Gasteiger partial charge < -0.3 is 10.1 Å². The van der Waals surface area contributed by atoms with Crippen molar-refractivity contribution in [2.45, 2.75) is 19.4 Å². The molecule has 2 aromatic carbocycles. The van der Waals surface area contributed by atoms with E-state index in [-0.39, 0.29) is 12.5 Å². The molecule has 0 bridgehead atoms. The lowest BCUT2D eigenvalue weighted by Crippen LogP contribution is -2.37. The van der Waals surface area contributed by atoms with Gasteiger partial charge in [0.1, 0.15) is 11.7 Å². The molecule has 2 N–H and O–H groups in total. The summed E-state index contributed by atoms with van der Waals surface area (Å²) in [5.74, 6) is -0.914. The molecule has 0 aromatic heterocycles. The predicted molar refractivity (Wildman–Crippen MR) is 92.8 cm³/mol. The van der Waals surface area contributed by atoms with Gasteiger partial charge in [-0.15, -0.1) is 0 Å². The minimum atomic E-state index is -0.797. The third kappa shape index (κ3) is 4.16. The summed E-state index contributed by atoms with van der Waals surface area (Å²) in [6, 6.07) is 15.0. The Balaban J connectivity index is 1.59. The Hall–Kier alpha value is -2.86. The molecule has 130 valence electrons. The van der Waals surface area contributed by atoms with Crippen LogP contribution in [-0.2, 0) is 27.5 Å². The fourth-order valence-corrected chi connectivity index (χ4v) is 2.75. The van der Waals surface area contributed by atoms with Crippen LogP contribution in [0.3, 0.4) is 0 Å². The maximum atomic E-state index is 12.4. The molecule has 0 aliphatic carbocycles. The van der Waals surface area contributed by atoms with E-state index in [1.54, 1.807) is 13.2 Å². The van der Waals surface area contributed by atoms with E-state index >= 15 is 0 Å². The van der Waals surface area contributed by atoms with Gasteiger partial charge in [0.2, 0.25) is 5.91 Å². The van der Waals surface area contributed by atoms with Crippen LogP contribution in [0.25, 0.3) is 0 Å². The van der Waals surface area contributed by atoms with Gasteiger partial charge in [-0.2, -0.15) is 0 Å². The Kier molecular flexibility index (Phi) is 5.30. The van der Waals surface area contributed by atoms with Crippen molar-refractivity contribution >= 4 is 17.5 Å². The molecule has 2 amide bonds. The number of hydrogen-bond acceptors (Lipinski definition) is 4. The quantitative estimate of drug-likeness (QED) is 0.647. The number of aryl methyl sites for hydroxylation is 1. The Morgan fingerprint density at radius 2 is 2.04 bits per heavy atom. The fraction of sp³-hybridized carbons (Fsp3) is 0.263. The van der Waals surface area contributed by atoms with Gasteiger partial charge in [-0.3, -0.25) is 14.4 Å². The standard InChI is InChI=1S/C19H20N2O4/c1-24-15-9-7-14-8-10-16(18(22)20-17(14)11-15)19(23)21-25-12-13-5-3-2-4-6-13/h2-7,9,11,16H,8,10,12H2,1H3,(H,20,22)(H,21,23). The maximum absolute atomic E-state index is 12.4. The predicted octanol–water partition coefficient (Wildman–Crippen LogP) is 2.44. The normalized spacial score (nSPS) is 16.4. The molecule has 6 heteroatoms. The highest BCUT2D eigenvalue weighted by atomic mass is 16.6. The molecule has 1 aliphatic heterocycles. The first kappa shape index (κ1) is 17.0. The average Bonchev–Trinajstić information content (AvgIpc) is 2.80. The fourth-order valence-electron chi connectivity index (χ4n) is 2.75. The summed E-state index contributed by atoms with van der Waals surface area (Å²) in [4.78, 5) is 29.9. The molecule has 2 aromatic rings. The van der Waals surface area contributed by atoms with Crippen LogP contribution < -0.4 is 15.5 Å². The third-order valence-corrected chi connectivity index (χ3v) is 4.16. The van der Waals surface area contributed by atoms with Gasteiger partial charge in [-0.1, -0.05) is 36.4 Å². The zero-order valence-corrected chi connectivity index (χ0v) is 14.0. The number of fused-ring (bicyclic) bond motifs is 1. The summed E-state index contributed by atoms with van der Waals surface area (Å²) in [7, 11) is 1.57. The first-order valence-electron chi connectivity index (χ1n) is 8.10. The zero-order valence-electron chi connectivity index (χ0n) is 14.0. The number of benzene rings is 2. The topological polar surface area (TPSA) is 76.7 Å². The molecule has 25 heavy (non-hydrogen) atoms. The monoisotopic (exact) mass is 340 g/mol. The molecule has 6 nitrogen and oxygen atoms in total. The Morgan fingerprint density at radius 3 is 2.80 bits per heavy atom. The van der Waals surface area contributed by atoms with E-state index in [0.717, 1.165) is 11.1 Å². The molecule has 1 atom stereocenters. The molecule has 1 heterocycles. The van der Waals surface area contributed by atoms with Crippen molar-refractivity contribution in [3.63, 3.8) is 0 Å². The average molecular weight is 340 g/mol. The van der Waals surface area contributed by atoms with Crippen LogP contribution in [0, 0.1) is 5.92 Å². The number of nitrogens with one attached hydrogen (secondary N) is 2. The Labute approximate surface area is 146 Å². The number of carbonyl (C=O) groups excluding carboxylic acids is 2. The third-order valence-electron chi connectivity index (χ3n) is 4.16. The van der Waals surface area contributed by atoms with Crippen molar-refractivity contribution in [2.75, 3.05) is 12.4 Å². The number of anilines is 1. The SMILES string of the molecule is COc1ccc2c(c1)NC(=O)C(C(=O)NOCc1ccccc1)CC2. The van der Waals surface area contributed by atoms with Gasteiger partial charge in [-0.05, 0) is 30.0 Å². The zero-order chi connectivity index (χ0) is 17.6. The summed E-state index contributed by atoms with van der Waals surface area (Å²) >= 11 is 0. The lowest BCUT2D eigenvalue weighted by Gasteiger charge is -2.13. The molecule has 0 saturated carbocycles. The molecule has 0 radical (unpaired) electrons. The van der Waals surface area contributed by atoms with E-state index in [1.807, 2.05) is 42.5 Å². The Bertz CT molecular complexity index is 761. The van der Waals surface area contributed by atoms with Gasteiger partial charge in [0.25, 0.3) is 5.91 Å². The second-order valence-corrected chi connectivity index (χ2v) is 5.84. The molecule has 1 unspecified atom stereocenters. The van der Waals surface area contributed by atoms with Crippen molar-refractivity contribution in [2.24, 2.45) is 5.92 Å². The number of amides is 2. The molecule has 0 fully saturated rings. The molecule has 0 spiro atoms. The molecular formula is C19H20N2O4. The minimum Gasteiger partial charge on any atom is -0.497 e. The summed E-state index contributed by atoms with van der Waals surface area (Å²) in [5, 5.41) is 2.80. The number of hydrogen-bond donors (Lipinski definition) is 2. The smallest absolute Gasteiger partial charge is 0.256 e. The second-order valence-electron chi connectivity index (χ2n) is 5.84. The maximum Gasteiger partial charge on any atom is 0.256 e. The largest absolute Gasteiger partial charge is 0.497 e. The van der Waals surface area contributed by atoms with Crippen molar-refractivity contribution < 1.29 is 19.2 Å². The van der Waals surface area contributed by atoms with Gasteiger partial charge in [0, 0.05) is 11.8 Å². The number of methoxy groups -OCH3 is 1. The minimum absolute atomic E-state index is 0.248. The van der Waals surface area contributed by atoms with Crippen molar-refractivity contribution in [3.05, 3.63) is 59.7 Å². The van der Waals surface area contributed by atoms with Crippen LogP contribution >= 0.6 is 0 Å². The van der Waals surface area contributed by atoms with Gasteiger partial charge in [-0.25, -0.2) is 5.48 Å². The molecule has 0 saturated heterocycles. The van der Waals surface area contributed by atoms with Crippen molar-refractivity contribution in [1.82, 2.24) is 5.48 Å². The van der Waals surface area contributed by atoms with E-state index in [1.165, 1.54) is 0 Å². The number of hydroxylamine groups is 1. The van der Waals surface area contributed by atoms with Gasteiger partial charge >= 0.3 is 0 Å². The Morgan fingerprint density at radius 1 is 1.24 bits per heavy atom. The van der Waals surface area contributed by atoms with Crippen LogP contribution in [0.5, 0.6) is 5.75 Å². The van der Waals surface area contributed by atoms with Gasteiger partial charge in [0.05, 0.1) is 13.7 Å². The summed E-state index contributed by atoms with van der Waals surface area (Å²) in [5.41, 5.74) is 4.99. The van der Waals surface area contributed by atoms with E-state index in [9.17, 15) is 9.59 Å². The van der Waals surface area contributed by atoms with Crippen LogP contribution in [0.2, 0.25) is 0 Å². The highest BCUT2D eigenvalue weighted by Crippen LogP contribution is 2.28.